The van der Waals surface area contributed by atoms with Gasteiger partial charge in [-0.25, -0.2) is 4.98 Å². The van der Waals surface area contributed by atoms with E-state index in [2.05, 4.69) is 41.5 Å². The molecule has 0 aliphatic carbocycles. The lowest BCUT2D eigenvalue weighted by molar-refractivity contribution is 0.328. The molecule has 2 aromatic rings. The Kier molecular flexibility index (Phi) is 3.43. The predicted molar refractivity (Wildman–Crippen MR) is 76.8 cm³/mol. The maximum Gasteiger partial charge on any atom is 0.123 e. The van der Waals surface area contributed by atoms with E-state index in [1.54, 1.807) is 11.3 Å². The van der Waals surface area contributed by atoms with Crippen LogP contribution in [0.25, 0.3) is 10.6 Å². The maximum atomic E-state index is 4.78. The summed E-state index contributed by atoms with van der Waals surface area (Å²) in [6.07, 6.45) is 2.68. The lowest BCUT2D eigenvalue weighted by atomic mass is 10.1. The molecule has 3 heteroatoms. The van der Waals surface area contributed by atoms with Gasteiger partial charge in [0.15, 0.2) is 0 Å². The van der Waals surface area contributed by atoms with E-state index in [1.165, 1.54) is 42.8 Å². The largest absolute Gasteiger partial charge is 0.297 e. The molecule has 0 bridgehead atoms. The van der Waals surface area contributed by atoms with E-state index < -0.39 is 0 Å². The zero-order valence-electron chi connectivity index (χ0n) is 10.7. The monoisotopic (exact) mass is 258 g/mol. The molecule has 2 nitrogen and oxygen atoms in total. The first-order valence-electron chi connectivity index (χ1n) is 6.56. The average Bonchev–Trinajstić information content (AvgIpc) is 3.02. The van der Waals surface area contributed by atoms with Crippen LogP contribution < -0.4 is 0 Å². The molecule has 1 fully saturated rings. The van der Waals surface area contributed by atoms with Gasteiger partial charge in [0.05, 0.1) is 5.69 Å². The minimum Gasteiger partial charge on any atom is -0.297 e. The van der Waals surface area contributed by atoms with Crippen LogP contribution in [0.15, 0.2) is 29.6 Å². The molecule has 0 N–H and O–H groups in total. The van der Waals surface area contributed by atoms with E-state index >= 15 is 0 Å². The molecule has 3 rings (SSSR count). The first kappa shape index (κ1) is 11.9. The van der Waals surface area contributed by atoms with Crippen LogP contribution in [0.5, 0.6) is 0 Å². The zero-order chi connectivity index (χ0) is 12.4. The highest BCUT2D eigenvalue weighted by molar-refractivity contribution is 7.13. The quantitative estimate of drug-likeness (QED) is 0.834. The van der Waals surface area contributed by atoms with Crippen molar-refractivity contribution in [2.24, 2.45) is 0 Å². The van der Waals surface area contributed by atoms with Crippen molar-refractivity contribution in [1.82, 2.24) is 9.88 Å². The Morgan fingerprint density at radius 3 is 2.78 bits per heavy atom. The number of aromatic nitrogens is 1. The van der Waals surface area contributed by atoms with Crippen molar-refractivity contribution in [2.45, 2.75) is 26.3 Å². The van der Waals surface area contributed by atoms with Gasteiger partial charge in [0.2, 0.25) is 0 Å². The van der Waals surface area contributed by atoms with Crippen LogP contribution in [0.1, 0.15) is 24.1 Å². The van der Waals surface area contributed by atoms with Crippen LogP contribution in [0.2, 0.25) is 0 Å². The second-order valence-corrected chi connectivity index (χ2v) is 5.80. The molecule has 0 radical (unpaired) electrons. The topological polar surface area (TPSA) is 16.1 Å². The lowest BCUT2D eigenvalue weighted by Crippen LogP contribution is -2.18. The molecule has 1 aromatic heterocycles. The fourth-order valence-corrected chi connectivity index (χ4v) is 3.39. The number of likely N-dealkylation sites (tertiary alicyclic amines) is 1. The minimum atomic E-state index is 1.02. The van der Waals surface area contributed by atoms with Crippen molar-refractivity contribution in [3.63, 3.8) is 0 Å². The van der Waals surface area contributed by atoms with Gasteiger partial charge < -0.3 is 0 Å². The number of rotatable bonds is 3. The lowest BCUT2D eigenvalue weighted by Gasteiger charge is -2.11. The van der Waals surface area contributed by atoms with Gasteiger partial charge in [0.25, 0.3) is 0 Å². The molecule has 0 amide bonds. The van der Waals surface area contributed by atoms with E-state index in [1.807, 2.05) is 0 Å². The summed E-state index contributed by atoms with van der Waals surface area (Å²) >= 11 is 1.76. The van der Waals surface area contributed by atoms with E-state index in [0.717, 1.165) is 11.6 Å². The number of nitrogens with zero attached hydrogens (tertiary/aromatic N) is 2. The molecular formula is C15H18N2S. The number of thiazole rings is 1. The van der Waals surface area contributed by atoms with E-state index in [9.17, 15) is 0 Å². The van der Waals surface area contributed by atoms with Crippen LogP contribution >= 0.6 is 11.3 Å². The number of hydrogen-bond donors (Lipinski definition) is 0. The standard InChI is InChI=1S/C15H18N2S/c1-12-6-2-3-7-14(12)15-16-13(11-18-15)10-17-8-4-5-9-17/h2-3,6-7,11H,4-5,8-10H2,1H3. The van der Waals surface area contributed by atoms with Gasteiger partial charge in [-0.15, -0.1) is 11.3 Å². The average molecular weight is 258 g/mol. The van der Waals surface area contributed by atoms with E-state index in [-0.39, 0.29) is 0 Å². The van der Waals surface area contributed by atoms with Crippen LogP contribution in [-0.4, -0.2) is 23.0 Å². The molecule has 2 heterocycles. The Labute approximate surface area is 112 Å². The highest BCUT2D eigenvalue weighted by atomic mass is 32.1. The summed E-state index contributed by atoms with van der Waals surface area (Å²) in [4.78, 5) is 7.28. The molecule has 0 spiro atoms. The molecule has 0 saturated carbocycles. The number of aryl methyl sites for hydroxylation is 1. The molecule has 0 atom stereocenters. The second kappa shape index (κ2) is 5.21. The SMILES string of the molecule is Cc1ccccc1-c1nc(CN2CCCC2)cs1. The van der Waals surface area contributed by atoms with Gasteiger partial charge >= 0.3 is 0 Å². The number of benzene rings is 1. The van der Waals surface area contributed by atoms with Gasteiger partial charge in [0.1, 0.15) is 5.01 Å². The van der Waals surface area contributed by atoms with Crippen molar-refractivity contribution < 1.29 is 0 Å². The van der Waals surface area contributed by atoms with Crippen molar-refractivity contribution >= 4 is 11.3 Å². The molecular weight excluding hydrogens is 240 g/mol. The summed E-state index contributed by atoms with van der Waals surface area (Å²) in [5.41, 5.74) is 3.80. The predicted octanol–water partition coefficient (Wildman–Crippen LogP) is 3.71. The highest BCUT2D eigenvalue weighted by Crippen LogP contribution is 2.27. The minimum absolute atomic E-state index is 1.02. The van der Waals surface area contributed by atoms with Crippen molar-refractivity contribution in [3.05, 3.63) is 40.9 Å². The Bertz CT molecular complexity index is 527. The van der Waals surface area contributed by atoms with Gasteiger partial charge in [-0.05, 0) is 38.4 Å². The molecule has 1 aliphatic rings. The van der Waals surface area contributed by atoms with Crippen LogP contribution in [-0.2, 0) is 6.54 Å². The third-order valence-corrected chi connectivity index (χ3v) is 4.44. The Balaban J connectivity index is 1.79. The van der Waals surface area contributed by atoms with Crippen LogP contribution in [0, 0.1) is 6.92 Å². The molecule has 1 aliphatic heterocycles. The molecule has 1 saturated heterocycles. The van der Waals surface area contributed by atoms with Crippen LogP contribution in [0.4, 0.5) is 0 Å². The van der Waals surface area contributed by atoms with Gasteiger partial charge in [-0.1, -0.05) is 24.3 Å². The summed E-state index contributed by atoms with van der Waals surface area (Å²) in [5.74, 6) is 0. The van der Waals surface area contributed by atoms with E-state index in [0.29, 0.717) is 0 Å². The molecule has 18 heavy (non-hydrogen) atoms. The molecule has 94 valence electrons. The highest BCUT2D eigenvalue weighted by Gasteiger charge is 2.14. The summed E-state index contributed by atoms with van der Waals surface area (Å²) in [6.45, 7) is 5.63. The summed E-state index contributed by atoms with van der Waals surface area (Å²) in [7, 11) is 0. The van der Waals surface area contributed by atoms with E-state index in [4.69, 9.17) is 4.98 Å². The van der Waals surface area contributed by atoms with Crippen molar-refractivity contribution in [3.8, 4) is 10.6 Å². The van der Waals surface area contributed by atoms with Crippen molar-refractivity contribution in [1.29, 1.82) is 0 Å². The fourth-order valence-electron chi connectivity index (χ4n) is 2.49. The van der Waals surface area contributed by atoms with Crippen LogP contribution in [0.3, 0.4) is 0 Å². The first-order valence-corrected chi connectivity index (χ1v) is 7.43. The van der Waals surface area contributed by atoms with Gasteiger partial charge in [-0.3, -0.25) is 4.90 Å². The molecule has 1 aromatic carbocycles. The summed E-state index contributed by atoms with van der Waals surface area (Å²) in [5, 5.41) is 3.36. The van der Waals surface area contributed by atoms with Crippen molar-refractivity contribution in [2.75, 3.05) is 13.1 Å². The maximum absolute atomic E-state index is 4.78. The Hall–Kier alpha value is -1.19. The third-order valence-electron chi connectivity index (χ3n) is 3.51. The van der Waals surface area contributed by atoms with Gasteiger partial charge in [0, 0.05) is 17.5 Å². The first-order chi connectivity index (χ1) is 8.83. The smallest absolute Gasteiger partial charge is 0.123 e. The third kappa shape index (κ3) is 2.47. The zero-order valence-corrected chi connectivity index (χ0v) is 11.5. The summed E-state index contributed by atoms with van der Waals surface area (Å²) < 4.78 is 0. The fraction of sp³-hybridized carbons (Fsp3) is 0.400. The summed E-state index contributed by atoms with van der Waals surface area (Å²) in [6, 6.07) is 8.48. The normalized spacial score (nSPS) is 16.3. The molecule has 0 unspecified atom stereocenters. The Morgan fingerprint density at radius 2 is 2.00 bits per heavy atom. The Morgan fingerprint density at radius 1 is 1.22 bits per heavy atom. The number of hydrogen-bond acceptors (Lipinski definition) is 3. The second-order valence-electron chi connectivity index (χ2n) is 4.94. The van der Waals surface area contributed by atoms with Gasteiger partial charge in [-0.2, -0.15) is 0 Å².